The van der Waals surface area contributed by atoms with Gasteiger partial charge < -0.3 is 10.1 Å². The molecule has 11 heteroatoms. The van der Waals surface area contributed by atoms with Crippen molar-refractivity contribution >= 4 is 76.0 Å². The van der Waals surface area contributed by atoms with Crippen molar-refractivity contribution in [3.8, 4) is 5.75 Å². The average molecular weight is 587 g/mol. The zero-order valence-electron chi connectivity index (χ0n) is 21.0. The number of carbonyl (C=O) groups excluding carboxylic acids is 4. The molecule has 1 aliphatic rings. The molecule has 1 fully saturated rings. The van der Waals surface area contributed by atoms with Gasteiger partial charge in [-0.25, -0.2) is 9.69 Å². The number of ether oxygens (including phenoxy) is 1. The van der Waals surface area contributed by atoms with Gasteiger partial charge in [0.15, 0.2) is 12.4 Å². The summed E-state index contributed by atoms with van der Waals surface area (Å²) in [4.78, 5) is 51.6. The summed E-state index contributed by atoms with van der Waals surface area (Å²) in [6, 6.07) is 12.4. The summed E-state index contributed by atoms with van der Waals surface area (Å²) < 4.78 is 5.56. The molecule has 0 aliphatic carbocycles. The molecule has 3 aromatic rings. The standard InChI is InChI=1S/C28H22Cl3N3O5/c1-14-4-5-15(2)22(8-14)32-24(35)13-39-25-20(30)10-17(11-21(25)31)9-19-26(36)33-28(38)34(27(19)37)23-12-18(29)7-6-16(23)3/h4-12H,13H2,1-3H3,(H,32,35)(H,33,36,38)/b19-9+. The zero-order chi connectivity index (χ0) is 28.4. The second-order valence-corrected chi connectivity index (χ2v) is 10.1. The Morgan fingerprint density at radius 2 is 1.62 bits per heavy atom. The van der Waals surface area contributed by atoms with Crippen molar-refractivity contribution in [2.75, 3.05) is 16.8 Å². The number of amides is 5. The number of hydrogen-bond acceptors (Lipinski definition) is 5. The van der Waals surface area contributed by atoms with Gasteiger partial charge in [-0.15, -0.1) is 0 Å². The molecular weight excluding hydrogens is 565 g/mol. The molecule has 0 unspecified atom stereocenters. The van der Waals surface area contributed by atoms with Crippen LogP contribution in [-0.4, -0.2) is 30.4 Å². The van der Waals surface area contributed by atoms with E-state index in [1.165, 1.54) is 24.3 Å². The fourth-order valence-electron chi connectivity index (χ4n) is 3.86. The number of nitrogens with one attached hydrogen (secondary N) is 2. The number of halogens is 3. The lowest BCUT2D eigenvalue weighted by molar-refractivity contribution is -0.122. The van der Waals surface area contributed by atoms with E-state index in [9.17, 15) is 19.2 Å². The normalized spacial score (nSPS) is 14.5. The van der Waals surface area contributed by atoms with Gasteiger partial charge in [0.05, 0.1) is 15.7 Å². The molecule has 0 spiro atoms. The molecular formula is C28H22Cl3N3O5. The third kappa shape index (κ3) is 6.25. The Kier molecular flexibility index (Phi) is 8.30. The summed E-state index contributed by atoms with van der Waals surface area (Å²) in [5.41, 5.74) is 3.38. The van der Waals surface area contributed by atoms with Crippen LogP contribution in [0.2, 0.25) is 15.1 Å². The highest BCUT2D eigenvalue weighted by molar-refractivity contribution is 6.40. The number of carbonyl (C=O) groups is 4. The second-order valence-electron chi connectivity index (χ2n) is 8.86. The lowest BCUT2D eigenvalue weighted by Gasteiger charge is -2.27. The first kappa shape index (κ1) is 28.2. The number of barbiturate groups is 1. The molecule has 8 nitrogen and oxygen atoms in total. The van der Waals surface area contributed by atoms with Crippen LogP contribution in [0.3, 0.4) is 0 Å². The van der Waals surface area contributed by atoms with E-state index in [0.717, 1.165) is 16.0 Å². The maximum atomic E-state index is 13.2. The molecule has 1 heterocycles. The van der Waals surface area contributed by atoms with Gasteiger partial charge in [0, 0.05) is 10.7 Å². The van der Waals surface area contributed by atoms with Crippen molar-refractivity contribution < 1.29 is 23.9 Å². The Morgan fingerprint density at radius 3 is 2.31 bits per heavy atom. The van der Waals surface area contributed by atoms with E-state index in [1.54, 1.807) is 19.1 Å². The van der Waals surface area contributed by atoms with E-state index in [2.05, 4.69) is 10.6 Å². The molecule has 0 aromatic heterocycles. The summed E-state index contributed by atoms with van der Waals surface area (Å²) in [5.74, 6) is -2.07. The fraction of sp³-hybridized carbons (Fsp3) is 0.143. The van der Waals surface area contributed by atoms with Gasteiger partial charge in [-0.3, -0.25) is 19.7 Å². The fourth-order valence-corrected chi connectivity index (χ4v) is 4.64. The molecule has 3 aromatic carbocycles. The molecule has 1 saturated heterocycles. The van der Waals surface area contributed by atoms with Gasteiger partial charge in [0.25, 0.3) is 17.7 Å². The molecule has 2 N–H and O–H groups in total. The maximum Gasteiger partial charge on any atom is 0.335 e. The van der Waals surface area contributed by atoms with Crippen LogP contribution < -0.4 is 20.3 Å². The summed E-state index contributed by atoms with van der Waals surface area (Å²) in [6.45, 7) is 5.14. The first-order valence-electron chi connectivity index (χ1n) is 11.6. The third-order valence-corrected chi connectivity index (χ3v) is 6.66. The van der Waals surface area contributed by atoms with Gasteiger partial charge in [0.1, 0.15) is 5.57 Å². The van der Waals surface area contributed by atoms with Gasteiger partial charge in [-0.05, 0) is 79.4 Å². The number of benzene rings is 3. The summed E-state index contributed by atoms with van der Waals surface area (Å²) in [6.07, 6.45) is 1.26. The summed E-state index contributed by atoms with van der Waals surface area (Å²) in [5, 5.41) is 5.36. The van der Waals surface area contributed by atoms with Crippen LogP contribution in [0.1, 0.15) is 22.3 Å². The second kappa shape index (κ2) is 11.5. The third-order valence-electron chi connectivity index (χ3n) is 5.86. The summed E-state index contributed by atoms with van der Waals surface area (Å²) >= 11 is 18.8. The monoisotopic (exact) mass is 585 g/mol. The van der Waals surface area contributed by atoms with E-state index >= 15 is 0 Å². The van der Waals surface area contributed by atoms with Crippen LogP contribution in [0.15, 0.2) is 54.1 Å². The van der Waals surface area contributed by atoms with Crippen molar-refractivity contribution in [3.63, 3.8) is 0 Å². The Hall–Kier alpha value is -3.85. The van der Waals surface area contributed by atoms with Crippen LogP contribution >= 0.6 is 34.8 Å². The predicted octanol–water partition coefficient (Wildman–Crippen LogP) is 6.26. The van der Waals surface area contributed by atoms with E-state index < -0.39 is 23.8 Å². The lowest BCUT2D eigenvalue weighted by Crippen LogP contribution is -2.54. The number of hydrogen-bond donors (Lipinski definition) is 2. The van der Waals surface area contributed by atoms with Gasteiger partial charge in [-0.2, -0.15) is 0 Å². The molecule has 0 atom stereocenters. The van der Waals surface area contributed by atoms with Crippen molar-refractivity contribution in [3.05, 3.63) is 91.4 Å². The van der Waals surface area contributed by atoms with Gasteiger partial charge >= 0.3 is 6.03 Å². The minimum Gasteiger partial charge on any atom is -0.481 e. The van der Waals surface area contributed by atoms with Crippen molar-refractivity contribution in [1.82, 2.24) is 5.32 Å². The Bertz CT molecular complexity index is 1540. The largest absolute Gasteiger partial charge is 0.481 e. The number of imide groups is 2. The molecule has 39 heavy (non-hydrogen) atoms. The Morgan fingerprint density at radius 1 is 0.949 bits per heavy atom. The van der Waals surface area contributed by atoms with E-state index in [0.29, 0.717) is 21.8 Å². The average Bonchev–Trinajstić information content (AvgIpc) is 2.85. The SMILES string of the molecule is Cc1ccc(C)c(NC(=O)COc2c(Cl)cc(/C=C3\C(=O)NC(=O)N(c4cc(Cl)ccc4C)C3=O)cc2Cl)c1. The molecule has 0 radical (unpaired) electrons. The topological polar surface area (TPSA) is 105 Å². The quantitative estimate of drug-likeness (QED) is 0.262. The van der Waals surface area contributed by atoms with Crippen molar-refractivity contribution in [2.24, 2.45) is 0 Å². The Labute approximate surface area is 239 Å². The van der Waals surface area contributed by atoms with Crippen LogP contribution in [0.4, 0.5) is 16.2 Å². The summed E-state index contributed by atoms with van der Waals surface area (Å²) in [7, 11) is 0. The first-order valence-corrected chi connectivity index (χ1v) is 12.7. The molecule has 4 rings (SSSR count). The minimum absolute atomic E-state index is 0.0520. The number of rotatable bonds is 6. The number of urea groups is 1. The number of nitrogens with zero attached hydrogens (tertiary/aromatic N) is 1. The first-order chi connectivity index (χ1) is 18.4. The number of anilines is 2. The van der Waals surface area contributed by atoms with Crippen LogP contribution in [0.5, 0.6) is 5.75 Å². The molecule has 0 saturated carbocycles. The van der Waals surface area contributed by atoms with Crippen molar-refractivity contribution in [2.45, 2.75) is 20.8 Å². The number of aryl methyl sites for hydroxylation is 3. The zero-order valence-corrected chi connectivity index (χ0v) is 23.3. The minimum atomic E-state index is -0.897. The molecule has 5 amide bonds. The Balaban J connectivity index is 1.55. The predicted molar refractivity (Wildman–Crippen MR) is 152 cm³/mol. The highest BCUT2D eigenvalue weighted by Gasteiger charge is 2.37. The smallest absolute Gasteiger partial charge is 0.335 e. The van der Waals surface area contributed by atoms with Crippen LogP contribution in [0.25, 0.3) is 6.08 Å². The van der Waals surface area contributed by atoms with E-state index in [-0.39, 0.29) is 33.7 Å². The van der Waals surface area contributed by atoms with Gasteiger partial charge in [-0.1, -0.05) is 53.0 Å². The van der Waals surface area contributed by atoms with Crippen molar-refractivity contribution in [1.29, 1.82) is 0 Å². The van der Waals surface area contributed by atoms with Crippen LogP contribution in [-0.2, 0) is 14.4 Å². The highest BCUT2D eigenvalue weighted by Crippen LogP contribution is 2.35. The molecule has 200 valence electrons. The van der Waals surface area contributed by atoms with Crippen LogP contribution in [0, 0.1) is 20.8 Å². The van der Waals surface area contributed by atoms with E-state index in [1.807, 2.05) is 32.0 Å². The highest BCUT2D eigenvalue weighted by atomic mass is 35.5. The van der Waals surface area contributed by atoms with Gasteiger partial charge in [0.2, 0.25) is 0 Å². The lowest BCUT2D eigenvalue weighted by atomic mass is 10.1. The molecule has 1 aliphatic heterocycles. The molecule has 0 bridgehead atoms. The maximum absolute atomic E-state index is 13.2. The van der Waals surface area contributed by atoms with E-state index in [4.69, 9.17) is 39.5 Å².